The Balaban J connectivity index is 2.27. The maximum atomic E-state index is 11.4. The number of ether oxygens (including phenoxy) is 1. The summed E-state index contributed by atoms with van der Waals surface area (Å²) in [5.41, 5.74) is 1.54. The number of nitrogens with two attached hydrogens (primary N) is 1. The molecule has 0 fully saturated rings. The third-order valence-electron chi connectivity index (χ3n) is 2.94. The van der Waals surface area contributed by atoms with E-state index in [-0.39, 0.29) is 4.90 Å². The first-order valence-electron chi connectivity index (χ1n) is 6.19. The lowest BCUT2D eigenvalue weighted by Gasteiger charge is -2.12. The molecular weight excluding hydrogens is 310 g/mol. The lowest BCUT2D eigenvalue weighted by atomic mass is 10.3. The van der Waals surface area contributed by atoms with Gasteiger partial charge >= 0.3 is 0 Å². The van der Waals surface area contributed by atoms with Gasteiger partial charge in [-0.2, -0.15) is 0 Å². The van der Waals surface area contributed by atoms with Crippen molar-refractivity contribution in [2.24, 2.45) is 5.14 Å². The van der Waals surface area contributed by atoms with Gasteiger partial charge in [0.15, 0.2) is 0 Å². The highest BCUT2D eigenvalue weighted by atomic mass is 32.2. The molecule has 0 saturated heterocycles. The second-order valence-electron chi connectivity index (χ2n) is 4.50. The Labute approximate surface area is 128 Å². The molecule has 0 aliphatic heterocycles. The van der Waals surface area contributed by atoms with E-state index in [1.54, 1.807) is 17.4 Å². The third-order valence-corrected chi connectivity index (χ3v) is 4.92. The molecular formula is C13H17N3O3S2. The van der Waals surface area contributed by atoms with Crippen LogP contribution >= 0.6 is 11.3 Å². The number of aromatic nitrogens is 1. The number of thiazole rings is 1. The van der Waals surface area contributed by atoms with E-state index in [4.69, 9.17) is 9.88 Å². The van der Waals surface area contributed by atoms with Crippen LogP contribution in [0, 0.1) is 13.8 Å². The van der Waals surface area contributed by atoms with E-state index in [1.807, 2.05) is 13.8 Å². The number of methoxy groups -OCH3 is 1. The molecule has 0 aliphatic rings. The van der Waals surface area contributed by atoms with Crippen molar-refractivity contribution in [1.29, 1.82) is 0 Å². The van der Waals surface area contributed by atoms with Crippen molar-refractivity contribution in [3.63, 3.8) is 0 Å². The highest BCUT2D eigenvalue weighted by Crippen LogP contribution is 2.28. The van der Waals surface area contributed by atoms with Crippen LogP contribution < -0.4 is 15.2 Å². The van der Waals surface area contributed by atoms with Crippen LogP contribution in [0.2, 0.25) is 0 Å². The molecule has 1 aromatic carbocycles. The molecule has 0 unspecified atom stereocenters. The van der Waals surface area contributed by atoms with Crippen LogP contribution in [0.4, 0.5) is 5.69 Å². The van der Waals surface area contributed by atoms with E-state index in [1.165, 1.54) is 19.2 Å². The molecule has 8 heteroatoms. The highest BCUT2D eigenvalue weighted by Gasteiger charge is 2.13. The predicted octanol–water partition coefficient (Wildman–Crippen LogP) is 2.03. The number of sulfonamides is 1. The Morgan fingerprint density at radius 2 is 2.10 bits per heavy atom. The lowest BCUT2D eigenvalue weighted by Crippen LogP contribution is -2.12. The van der Waals surface area contributed by atoms with E-state index in [9.17, 15) is 8.42 Å². The van der Waals surface area contributed by atoms with Gasteiger partial charge in [0.05, 0.1) is 34.9 Å². The summed E-state index contributed by atoms with van der Waals surface area (Å²) in [4.78, 5) is 5.49. The van der Waals surface area contributed by atoms with Gasteiger partial charge in [-0.15, -0.1) is 11.3 Å². The van der Waals surface area contributed by atoms with Gasteiger partial charge in [-0.05, 0) is 32.0 Å². The molecule has 2 aromatic rings. The molecule has 21 heavy (non-hydrogen) atoms. The van der Waals surface area contributed by atoms with Gasteiger partial charge in [-0.1, -0.05) is 0 Å². The summed E-state index contributed by atoms with van der Waals surface area (Å²) in [6.45, 7) is 4.43. The van der Waals surface area contributed by atoms with Gasteiger partial charge < -0.3 is 10.1 Å². The molecule has 0 spiro atoms. The first-order chi connectivity index (χ1) is 9.81. The monoisotopic (exact) mass is 327 g/mol. The quantitative estimate of drug-likeness (QED) is 0.876. The zero-order valence-electron chi connectivity index (χ0n) is 12.0. The molecule has 6 nitrogen and oxygen atoms in total. The van der Waals surface area contributed by atoms with E-state index in [2.05, 4.69) is 10.3 Å². The topological polar surface area (TPSA) is 94.3 Å². The van der Waals surface area contributed by atoms with E-state index in [0.29, 0.717) is 18.0 Å². The highest BCUT2D eigenvalue weighted by molar-refractivity contribution is 7.89. The van der Waals surface area contributed by atoms with Crippen molar-refractivity contribution in [3.05, 3.63) is 33.8 Å². The number of anilines is 1. The first-order valence-corrected chi connectivity index (χ1v) is 8.55. The zero-order valence-corrected chi connectivity index (χ0v) is 13.6. The van der Waals surface area contributed by atoms with Crippen molar-refractivity contribution in [3.8, 4) is 5.75 Å². The van der Waals surface area contributed by atoms with Crippen molar-refractivity contribution < 1.29 is 13.2 Å². The molecule has 1 heterocycles. The summed E-state index contributed by atoms with van der Waals surface area (Å²) in [6.07, 6.45) is 0. The fraction of sp³-hybridized carbons (Fsp3) is 0.308. The van der Waals surface area contributed by atoms with Gasteiger partial charge in [0, 0.05) is 4.88 Å². The average Bonchev–Trinajstić information content (AvgIpc) is 2.73. The minimum Gasteiger partial charge on any atom is -0.495 e. The van der Waals surface area contributed by atoms with Gasteiger partial charge in [0.1, 0.15) is 5.75 Å². The van der Waals surface area contributed by atoms with Crippen molar-refractivity contribution in [2.45, 2.75) is 25.3 Å². The number of hydrogen-bond donors (Lipinski definition) is 2. The molecule has 3 N–H and O–H groups in total. The number of nitrogens with zero attached hydrogens (tertiary/aromatic N) is 1. The molecule has 0 atom stereocenters. The number of primary sulfonamides is 1. The second kappa shape index (κ2) is 6.00. The molecule has 0 saturated carbocycles. The fourth-order valence-corrected chi connectivity index (χ4v) is 3.33. The standard InChI is InChI=1S/C13H17N3O3S2/c1-8-13(20-9(2)16-8)7-15-11-6-10(21(14,17)18)4-5-12(11)19-3/h4-6,15H,7H2,1-3H3,(H2,14,17,18). The minimum atomic E-state index is -3.74. The van der Waals surface area contributed by atoms with Crippen LogP contribution in [0.3, 0.4) is 0 Å². The molecule has 0 aliphatic carbocycles. The Bertz CT molecular complexity index is 754. The van der Waals surface area contributed by atoms with Crippen molar-refractivity contribution in [1.82, 2.24) is 4.98 Å². The summed E-state index contributed by atoms with van der Waals surface area (Å²) in [7, 11) is -2.22. The maximum absolute atomic E-state index is 11.4. The third kappa shape index (κ3) is 3.72. The molecule has 0 radical (unpaired) electrons. The molecule has 0 bridgehead atoms. The van der Waals surface area contributed by atoms with Crippen molar-refractivity contribution in [2.75, 3.05) is 12.4 Å². The molecule has 1 aromatic heterocycles. The van der Waals surface area contributed by atoms with Crippen LogP contribution in [0.1, 0.15) is 15.6 Å². The number of nitrogens with one attached hydrogen (secondary N) is 1. The number of benzene rings is 1. The fourth-order valence-electron chi connectivity index (χ4n) is 1.92. The van der Waals surface area contributed by atoms with Crippen LogP contribution in [0.25, 0.3) is 0 Å². The lowest BCUT2D eigenvalue weighted by molar-refractivity contribution is 0.416. The van der Waals surface area contributed by atoms with Crippen LogP contribution in [-0.4, -0.2) is 20.5 Å². The summed E-state index contributed by atoms with van der Waals surface area (Å²) < 4.78 is 28.1. The zero-order chi connectivity index (χ0) is 15.6. The molecule has 0 amide bonds. The molecule has 2 rings (SSSR count). The van der Waals surface area contributed by atoms with Crippen LogP contribution in [0.5, 0.6) is 5.75 Å². The largest absolute Gasteiger partial charge is 0.495 e. The van der Waals surface area contributed by atoms with Gasteiger partial charge in [-0.3, -0.25) is 0 Å². The predicted molar refractivity (Wildman–Crippen MR) is 83.3 cm³/mol. The van der Waals surface area contributed by atoms with Crippen molar-refractivity contribution >= 4 is 27.0 Å². The van der Waals surface area contributed by atoms with Gasteiger partial charge in [0.25, 0.3) is 0 Å². The SMILES string of the molecule is COc1ccc(S(N)(=O)=O)cc1NCc1sc(C)nc1C. The Kier molecular flexibility index (Phi) is 4.50. The second-order valence-corrected chi connectivity index (χ2v) is 7.35. The summed E-state index contributed by atoms with van der Waals surface area (Å²) >= 11 is 1.60. The normalized spacial score (nSPS) is 11.4. The first kappa shape index (κ1) is 15.7. The summed E-state index contributed by atoms with van der Waals surface area (Å²) in [6, 6.07) is 4.46. The van der Waals surface area contributed by atoms with Gasteiger partial charge in [0.2, 0.25) is 10.0 Å². The summed E-state index contributed by atoms with van der Waals surface area (Å²) in [5, 5.41) is 9.32. The van der Waals surface area contributed by atoms with E-state index < -0.39 is 10.0 Å². The number of hydrogen-bond acceptors (Lipinski definition) is 6. The van der Waals surface area contributed by atoms with Gasteiger partial charge in [-0.25, -0.2) is 18.5 Å². The van der Waals surface area contributed by atoms with E-state index in [0.717, 1.165) is 15.6 Å². The van der Waals surface area contributed by atoms with E-state index >= 15 is 0 Å². The molecule has 114 valence electrons. The number of rotatable bonds is 5. The maximum Gasteiger partial charge on any atom is 0.238 e. The van der Waals surface area contributed by atoms with Crippen LogP contribution in [-0.2, 0) is 16.6 Å². The Morgan fingerprint density at radius 1 is 1.38 bits per heavy atom. The average molecular weight is 327 g/mol. The summed E-state index contributed by atoms with van der Waals surface area (Å²) in [5.74, 6) is 0.557. The number of aryl methyl sites for hydroxylation is 2. The smallest absolute Gasteiger partial charge is 0.238 e. The Hall–Kier alpha value is -1.64. The van der Waals surface area contributed by atoms with Crippen LogP contribution in [0.15, 0.2) is 23.1 Å². The Morgan fingerprint density at radius 3 is 2.62 bits per heavy atom. The minimum absolute atomic E-state index is 0.0445.